The highest BCUT2D eigenvalue weighted by Gasteiger charge is 2.40. The lowest BCUT2D eigenvalue weighted by molar-refractivity contribution is -0.140. The summed E-state index contributed by atoms with van der Waals surface area (Å²) >= 11 is 3.32. The van der Waals surface area contributed by atoms with E-state index in [0.717, 1.165) is 10.0 Å². The molecule has 1 aromatic carbocycles. The van der Waals surface area contributed by atoms with Gasteiger partial charge in [0.15, 0.2) is 0 Å². The molecular formula is C15H19BrF2O2. The third-order valence-corrected chi connectivity index (χ3v) is 4.08. The SMILES string of the molecule is Cc1cc(C(F)(F)CC(C)(C)CC(=O)O)c(C)cc1Br. The number of alkyl halides is 2. The van der Waals surface area contributed by atoms with Crippen LogP contribution >= 0.6 is 15.9 Å². The van der Waals surface area contributed by atoms with Crippen molar-refractivity contribution in [3.05, 3.63) is 33.3 Å². The molecule has 1 rings (SSSR count). The number of carboxylic acid groups (broad SMARTS) is 1. The molecule has 0 atom stereocenters. The van der Waals surface area contributed by atoms with Gasteiger partial charge in [0, 0.05) is 16.5 Å². The summed E-state index contributed by atoms with van der Waals surface area (Å²) in [5.41, 5.74) is 0.236. The molecule has 0 heterocycles. The molecule has 0 saturated heterocycles. The second-order valence-electron chi connectivity index (χ2n) is 6.03. The van der Waals surface area contributed by atoms with Gasteiger partial charge in [0.05, 0.1) is 6.42 Å². The maximum Gasteiger partial charge on any atom is 0.303 e. The number of hydrogen-bond donors (Lipinski definition) is 1. The number of rotatable bonds is 5. The number of hydrogen-bond acceptors (Lipinski definition) is 1. The van der Waals surface area contributed by atoms with Crippen molar-refractivity contribution in [3.63, 3.8) is 0 Å². The topological polar surface area (TPSA) is 37.3 Å². The van der Waals surface area contributed by atoms with Gasteiger partial charge in [-0.3, -0.25) is 4.79 Å². The smallest absolute Gasteiger partial charge is 0.303 e. The summed E-state index contributed by atoms with van der Waals surface area (Å²) in [5, 5.41) is 8.80. The molecule has 0 unspecified atom stereocenters. The highest BCUT2D eigenvalue weighted by atomic mass is 79.9. The van der Waals surface area contributed by atoms with Crippen molar-refractivity contribution >= 4 is 21.9 Å². The minimum absolute atomic E-state index is 0.0309. The van der Waals surface area contributed by atoms with Crippen LogP contribution in [0.4, 0.5) is 8.78 Å². The summed E-state index contributed by atoms with van der Waals surface area (Å²) in [6.07, 6.45) is -0.772. The Bertz CT molecular complexity index is 525. The molecule has 112 valence electrons. The minimum atomic E-state index is -3.05. The second kappa shape index (κ2) is 5.80. The van der Waals surface area contributed by atoms with Crippen molar-refractivity contribution in [1.29, 1.82) is 0 Å². The van der Waals surface area contributed by atoms with E-state index in [9.17, 15) is 13.6 Å². The third-order valence-electron chi connectivity index (χ3n) is 3.23. The van der Waals surface area contributed by atoms with Gasteiger partial charge in [0.1, 0.15) is 0 Å². The quantitative estimate of drug-likeness (QED) is 0.808. The van der Waals surface area contributed by atoms with Crippen LogP contribution in [0.15, 0.2) is 16.6 Å². The third kappa shape index (κ3) is 4.27. The average Bonchev–Trinajstić information content (AvgIpc) is 2.19. The van der Waals surface area contributed by atoms with E-state index in [0.29, 0.717) is 5.56 Å². The van der Waals surface area contributed by atoms with E-state index in [1.807, 2.05) is 0 Å². The van der Waals surface area contributed by atoms with Crippen molar-refractivity contribution < 1.29 is 18.7 Å². The fourth-order valence-electron chi connectivity index (χ4n) is 2.34. The Morgan fingerprint density at radius 3 is 2.30 bits per heavy atom. The molecule has 0 amide bonds. The Morgan fingerprint density at radius 1 is 1.25 bits per heavy atom. The molecule has 5 heteroatoms. The van der Waals surface area contributed by atoms with Gasteiger partial charge in [-0.25, -0.2) is 8.78 Å². The largest absolute Gasteiger partial charge is 0.481 e. The predicted molar refractivity (Wildman–Crippen MR) is 78.2 cm³/mol. The first-order chi connectivity index (χ1) is 8.94. The van der Waals surface area contributed by atoms with Gasteiger partial charge in [-0.2, -0.15) is 0 Å². The molecule has 1 N–H and O–H groups in total. The maximum atomic E-state index is 14.5. The van der Waals surface area contributed by atoms with Crippen molar-refractivity contribution in [3.8, 4) is 0 Å². The summed E-state index contributed by atoms with van der Waals surface area (Å²) < 4.78 is 29.7. The molecule has 1 aromatic rings. The van der Waals surface area contributed by atoms with E-state index in [4.69, 9.17) is 5.11 Å². The van der Waals surface area contributed by atoms with Gasteiger partial charge in [0.2, 0.25) is 0 Å². The molecule has 2 nitrogen and oxygen atoms in total. The average molecular weight is 349 g/mol. The van der Waals surface area contributed by atoms with Crippen LogP contribution in [0.2, 0.25) is 0 Å². The first-order valence-electron chi connectivity index (χ1n) is 6.31. The summed E-state index contributed by atoms with van der Waals surface area (Å²) in [6, 6.07) is 3.14. The summed E-state index contributed by atoms with van der Waals surface area (Å²) in [6.45, 7) is 6.50. The summed E-state index contributed by atoms with van der Waals surface area (Å²) in [4.78, 5) is 10.8. The van der Waals surface area contributed by atoms with Crippen LogP contribution in [0, 0.1) is 19.3 Å². The highest BCUT2D eigenvalue weighted by Crippen LogP contribution is 2.43. The zero-order chi connectivity index (χ0) is 15.7. The van der Waals surface area contributed by atoms with Gasteiger partial charge in [0.25, 0.3) is 5.92 Å². The van der Waals surface area contributed by atoms with E-state index in [1.54, 1.807) is 33.8 Å². The molecule has 0 bridgehead atoms. The molecular weight excluding hydrogens is 330 g/mol. The van der Waals surface area contributed by atoms with Crippen molar-refractivity contribution in [1.82, 2.24) is 0 Å². The molecule has 0 spiro atoms. The molecule has 0 radical (unpaired) electrons. The first kappa shape index (κ1) is 17.1. The number of halogens is 3. The van der Waals surface area contributed by atoms with Crippen molar-refractivity contribution in [2.75, 3.05) is 0 Å². The van der Waals surface area contributed by atoms with E-state index < -0.39 is 23.7 Å². The second-order valence-corrected chi connectivity index (χ2v) is 6.89. The first-order valence-corrected chi connectivity index (χ1v) is 7.11. The monoisotopic (exact) mass is 348 g/mol. The fourth-order valence-corrected chi connectivity index (χ4v) is 2.80. The molecule has 0 aliphatic rings. The summed E-state index contributed by atoms with van der Waals surface area (Å²) in [7, 11) is 0. The van der Waals surface area contributed by atoms with Crippen LogP contribution in [0.1, 0.15) is 43.4 Å². The predicted octanol–water partition coefficient (Wildman–Crippen LogP) is 5.05. The number of benzene rings is 1. The van der Waals surface area contributed by atoms with E-state index in [1.165, 1.54) is 6.07 Å². The Kier molecular flexibility index (Phi) is 4.95. The molecule has 0 aliphatic heterocycles. The van der Waals surface area contributed by atoms with E-state index >= 15 is 0 Å². The zero-order valence-corrected chi connectivity index (χ0v) is 13.6. The minimum Gasteiger partial charge on any atom is -0.481 e. The Hall–Kier alpha value is -0.970. The zero-order valence-electron chi connectivity index (χ0n) is 12.1. The number of carboxylic acids is 1. The van der Waals surface area contributed by atoms with Crippen LogP contribution in [0.5, 0.6) is 0 Å². The Labute approximate surface area is 126 Å². The molecule has 0 aromatic heterocycles. The fraction of sp³-hybridized carbons (Fsp3) is 0.533. The molecule has 0 fully saturated rings. The maximum absolute atomic E-state index is 14.5. The van der Waals surface area contributed by atoms with Crippen LogP contribution < -0.4 is 0 Å². The Balaban J connectivity index is 3.11. The summed E-state index contributed by atoms with van der Waals surface area (Å²) in [5.74, 6) is -4.11. The van der Waals surface area contributed by atoms with Crippen molar-refractivity contribution in [2.45, 2.75) is 46.5 Å². The van der Waals surface area contributed by atoms with Gasteiger partial charge in [-0.15, -0.1) is 0 Å². The van der Waals surface area contributed by atoms with E-state index in [-0.39, 0.29) is 12.0 Å². The lowest BCUT2D eigenvalue weighted by atomic mass is 9.80. The normalized spacial score (nSPS) is 12.6. The van der Waals surface area contributed by atoms with E-state index in [2.05, 4.69) is 15.9 Å². The molecule has 0 aliphatic carbocycles. The van der Waals surface area contributed by atoms with Crippen LogP contribution in [0.3, 0.4) is 0 Å². The van der Waals surface area contributed by atoms with Gasteiger partial charge >= 0.3 is 5.97 Å². The standard InChI is InChI=1S/C15H19BrF2O2/c1-9-6-12(16)10(2)5-11(9)15(17,18)8-14(3,4)7-13(19)20/h5-6H,7-8H2,1-4H3,(H,19,20). The van der Waals surface area contributed by atoms with Crippen LogP contribution in [-0.2, 0) is 10.7 Å². The lowest BCUT2D eigenvalue weighted by Crippen LogP contribution is -2.27. The van der Waals surface area contributed by atoms with Crippen molar-refractivity contribution in [2.24, 2.45) is 5.41 Å². The van der Waals surface area contributed by atoms with Crippen LogP contribution in [0.25, 0.3) is 0 Å². The Morgan fingerprint density at radius 2 is 1.80 bits per heavy atom. The number of aliphatic carboxylic acids is 1. The molecule has 0 saturated carbocycles. The highest BCUT2D eigenvalue weighted by molar-refractivity contribution is 9.10. The number of aryl methyl sites for hydroxylation is 2. The lowest BCUT2D eigenvalue weighted by Gasteiger charge is -2.29. The van der Waals surface area contributed by atoms with Gasteiger partial charge < -0.3 is 5.11 Å². The van der Waals surface area contributed by atoms with Crippen LogP contribution in [-0.4, -0.2) is 11.1 Å². The van der Waals surface area contributed by atoms with Gasteiger partial charge in [-0.1, -0.05) is 29.8 Å². The molecule has 20 heavy (non-hydrogen) atoms. The number of carbonyl (C=O) groups is 1. The van der Waals surface area contributed by atoms with Gasteiger partial charge in [-0.05, 0) is 42.5 Å².